The Morgan fingerprint density at radius 3 is 3.00 bits per heavy atom. The highest BCUT2D eigenvalue weighted by Gasteiger charge is 2.17. The van der Waals surface area contributed by atoms with Gasteiger partial charge in [-0.25, -0.2) is 9.78 Å². The van der Waals surface area contributed by atoms with E-state index in [-0.39, 0.29) is 23.8 Å². The number of hydrogen-bond donors (Lipinski definition) is 2. The van der Waals surface area contributed by atoms with Crippen LogP contribution in [0.1, 0.15) is 17.4 Å². The zero-order valence-electron chi connectivity index (χ0n) is 8.41. The molecule has 0 aliphatic rings. The summed E-state index contributed by atoms with van der Waals surface area (Å²) in [5, 5.41) is 18.6. The molecule has 0 fully saturated rings. The topological polar surface area (TPSA) is 97.0 Å². The monoisotopic (exact) mass is 223 g/mol. The molecule has 7 nitrogen and oxygen atoms in total. The van der Waals surface area contributed by atoms with Gasteiger partial charge in [0, 0.05) is 0 Å². The van der Waals surface area contributed by atoms with Crippen LogP contribution in [-0.4, -0.2) is 37.2 Å². The molecular weight excluding hydrogens is 214 g/mol. The van der Waals surface area contributed by atoms with Crippen molar-refractivity contribution in [1.82, 2.24) is 14.4 Å². The predicted molar refractivity (Wildman–Crippen MR) is 52.3 cm³/mol. The summed E-state index contributed by atoms with van der Waals surface area (Å²) in [5.74, 6) is -1.30. The minimum absolute atomic E-state index is 0.0481. The van der Waals surface area contributed by atoms with Crippen molar-refractivity contribution in [1.29, 1.82) is 0 Å². The maximum atomic E-state index is 11.4. The number of carbonyl (C=O) groups is 1. The Labute approximate surface area is 89.9 Å². The Kier molecular flexibility index (Phi) is 2.35. The summed E-state index contributed by atoms with van der Waals surface area (Å²) in [6.45, 7) is 1.88. The van der Waals surface area contributed by atoms with Crippen molar-refractivity contribution in [2.45, 2.75) is 6.92 Å². The molecule has 0 spiro atoms. The smallest absolute Gasteiger partial charge is 0.360 e. The number of ether oxygens (including phenoxy) is 1. The average molecular weight is 223 g/mol. The summed E-state index contributed by atoms with van der Waals surface area (Å²) in [5.41, 5.74) is 0.00370. The van der Waals surface area contributed by atoms with E-state index < -0.39 is 11.8 Å². The molecule has 0 radical (unpaired) electrons. The van der Waals surface area contributed by atoms with Crippen LogP contribution in [0.3, 0.4) is 0 Å². The highest BCUT2D eigenvalue weighted by Crippen LogP contribution is 2.20. The van der Waals surface area contributed by atoms with E-state index in [2.05, 4.69) is 9.97 Å². The number of aromatic nitrogens is 3. The van der Waals surface area contributed by atoms with Crippen molar-refractivity contribution in [2.75, 3.05) is 6.61 Å². The molecule has 84 valence electrons. The number of fused-ring (bicyclic) bond motifs is 1. The molecule has 0 aliphatic carbocycles. The van der Waals surface area contributed by atoms with Gasteiger partial charge in [-0.15, -0.1) is 0 Å². The van der Waals surface area contributed by atoms with Crippen LogP contribution in [0.2, 0.25) is 0 Å². The van der Waals surface area contributed by atoms with Crippen LogP contribution in [0.4, 0.5) is 0 Å². The van der Waals surface area contributed by atoms with Crippen LogP contribution in [0.25, 0.3) is 5.65 Å². The van der Waals surface area contributed by atoms with E-state index in [1.54, 1.807) is 6.92 Å². The third-order valence-corrected chi connectivity index (χ3v) is 1.94. The minimum Gasteiger partial charge on any atom is -0.494 e. The van der Waals surface area contributed by atoms with Gasteiger partial charge >= 0.3 is 5.97 Å². The Morgan fingerprint density at radius 1 is 1.56 bits per heavy atom. The second-order valence-corrected chi connectivity index (χ2v) is 2.98. The summed E-state index contributed by atoms with van der Waals surface area (Å²) in [6.07, 6.45) is 1.23. The van der Waals surface area contributed by atoms with Crippen molar-refractivity contribution in [3.63, 3.8) is 0 Å². The first-order chi connectivity index (χ1) is 7.63. The zero-order valence-corrected chi connectivity index (χ0v) is 8.41. The van der Waals surface area contributed by atoms with E-state index in [0.717, 1.165) is 6.07 Å². The summed E-state index contributed by atoms with van der Waals surface area (Å²) in [6, 6.07) is 1.05. The molecule has 2 N–H and O–H groups in total. The molecule has 2 rings (SSSR count). The SMILES string of the molecule is CCOC(=O)c1ncn2c(O)cc(O)nc12. The van der Waals surface area contributed by atoms with E-state index in [1.807, 2.05) is 0 Å². The lowest BCUT2D eigenvalue weighted by atomic mass is 10.4. The fraction of sp³-hybridized carbons (Fsp3) is 0.222. The van der Waals surface area contributed by atoms with Crippen LogP contribution in [0.5, 0.6) is 11.8 Å². The van der Waals surface area contributed by atoms with Crippen molar-refractivity contribution in [3.8, 4) is 11.8 Å². The van der Waals surface area contributed by atoms with Crippen molar-refractivity contribution in [2.24, 2.45) is 0 Å². The fourth-order valence-corrected chi connectivity index (χ4v) is 1.29. The quantitative estimate of drug-likeness (QED) is 0.711. The van der Waals surface area contributed by atoms with Gasteiger partial charge in [-0.2, -0.15) is 4.98 Å². The van der Waals surface area contributed by atoms with Crippen LogP contribution < -0.4 is 0 Å². The standard InChI is InChI=1S/C9H9N3O4/c1-2-16-9(15)7-8-11-5(13)3-6(14)12(8)4-10-7/h3-4,14H,2H2,1H3,(H,11,13). The maximum absolute atomic E-state index is 11.4. The Balaban J connectivity index is 2.60. The number of imidazole rings is 1. The first-order valence-electron chi connectivity index (χ1n) is 4.56. The van der Waals surface area contributed by atoms with E-state index in [4.69, 9.17) is 4.74 Å². The molecule has 2 heterocycles. The third kappa shape index (κ3) is 1.52. The Hall–Kier alpha value is -2.31. The lowest BCUT2D eigenvalue weighted by Gasteiger charge is -2.00. The molecule has 0 unspecified atom stereocenters. The zero-order chi connectivity index (χ0) is 11.7. The molecule has 0 saturated heterocycles. The summed E-state index contributed by atoms with van der Waals surface area (Å²) >= 11 is 0. The lowest BCUT2D eigenvalue weighted by Crippen LogP contribution is -2.06. The summed E-state index contributed by atoms with van der Waals surface area (Å²) < 4.78 is 5.93. The van der Waals surface area contributed by atoms with E-state index in [0.29, 0.717) is 0 Å². The van der Waals surface area contributed by atoms with E-state index in [1.165, 1.54) is 10.7 Å². The van der Waals surface area contributed by atoms with E-state index in [9.17, 15) is 15.0 Å². The normalized spacial score (nSPS) is 10.6. The lowest BCUT2D eigenvalue weighted by molar-refractivity contribution is 0.0522. The first kappa shape index (κ1) is 10.2. The van der Waals surface area contributed by atoms with Gasteiger partial charge in [0.15, 0.2) is 11.3 Å². The van der Waals surface area contributed by atoms with Crippen LogP contribution >= 0.6 is 0 Å². The largest absolute Gasteiger partial charge is 0.494 e. The Bertz CT molecular complexity index is 549. The summed E-state index contributed by atoms with van der Waals surface area (Å²) in [4.78, 5) is 18.9. The van der Waals surface area contributed by atoms with Crippen molar-refractivity contribution < 1.29 is 19.7 Å². The molecule has 2 aromatic rings. The molecule has 0 amide bonds. The molecule has 0 saturated carbocycles. The van der Waals surface area contributed by atoms with Gasteiger partial charge in [0.2, 0.25) is 11.8 Å². The minimum atomic E-state index is -0.650. The van der Waals surface area contributed by atoms with Crippen molar-refractivity contribution >= 4 is 11.6 Å². The van der Waals surface area contributed by atoms with Crippen LogP contribution in [0, 0.1) is 0 Å². The molecule has 2 aromatic heterocycles. The molecule has 16 heavy (non-hydrogen) atoms. The predicted octanol–water partition coefficient (Wildman–Crippen LogP) is 0.317. The van der Waals surface area contributed by atoms with Gasteiger partial charge in [0.25, 0.3) is 0 Å². The molecular formula is C9H9N3O4. The van der Waals surface area contributed by atoms with Gasteiger partial charge in [-0.3, -0.25) is 4.40 Å². The second-order valence-electron chi connectivity index (χ2n) is 2.98. The Morgan fingerprint density at radius 2 is 2.31 bits per heavy atom. The third-order valence-electron chi connectivity index (χ3n) is 1.94. The van der Waals surface area contributed by atoms with Gasteiger partial charge in [-0.05, 0) is 6.92 Å². The number of esters is 1. The van der Waals surface area contributed by atoms with Crippen LogP contribution in [0.15, 0.2) is 12.4 Å². The maximum Gasteiger partial charge on any atom is 0.360 e. The molecule has 0 aliphatic heterocycles. The number of nitrogens with zero attached hydrogens (tertiary/aromatic N) is 3. The number of carbonyl (C=O) groups excluding carboxylic acids is 1. The van der Waals surface area contributed by atoms with E-state index >= 15 is 0 Å². The van der Waals surface area contributed by atoms with Crippen LogP contribution in [-0.2, 0) is 4.74 Å². The molecule has 7 heteroatoms. The average Bonchev–Trinajstić information content (AvgIpc) is 2.61. The molecule has 0 atom stereocenters. The van der Waals surface area contributed by atoms with Gasteiger partial charge < -0.3 is 14.9 Å². The number of aromatic hydroxyl groups is 2. The highest BCUT2D eigenvalue weighted by atomic mass is 16.5. The molecule has 0 bridgehead atoms. The summed E-state index contributed by atoms with van der Waals surface area (Å²) in [7, 11) is 0. The number of hydrogen-bond acceptors (Lipinski definition) is 6. The molecule has 0 aromatic carbocycles. The fourth-order valence-electron chi connectivity index (χ4n) is 1.29. The van der Waals surface area contributed by atoms with Gasteiger partial charge in [0.05, 0.1) is 12.7 Å². The highest BCUT2D eigenvalue weighted by molar-refractivity contribution is 5.93. The van der Waals surface area contributed by atoms with Gasteiger partial charge in [0.1, 0.15) is 6.33 Å². The van der Waals surface area contributed by atoms with Gasteiger partial charge in [-0.1, -0.05) is 0 Å². The number of rotatable bonds is 2. The first-order valence-corrected chi connectivity index (χ1v) is 4.56. The van der Waals surface area contributed by atoms with Crippen molar-refractivity contribution in [3.05, 3.63) is 18.1 Å². The second kappa shape index (κ2) is 3.69.